The summed E-state index contributed by atoms with van der Waals surface area (Å²) in [6.45, 7) is 0. The van der Waals surface area contributed by atoms with E-state index in [1.807, 2.05) is 22.7 Å². The van der Waals surface area contributed by atoms with Gasteiger partial charge in [0.15, 0.2) is 0 Å². The van der Waals surface area contributed by atoms with E-state index >= 15 is 0 Å². The molecule has 2 aromatic heterocycles. The summed E-state index contributed by atoms with van der Waals surface area (Å²) in [5, 5.41) is 4.32. The Labute approximate surface area is 234 Å². The number of hydrogen-bond acceptors (Lipinski definition) is 5. The minimum absolute atomic E-state index is 0.338. The summed E-state index contributed by atoms with van der Waals surface area (Å²) in [4.78, 5) is 26.8. The average Bonchev–Trinajstić information content (AvgIpc) is 3.60. The molecule has 37 heavy (non-hydrogen) atoms. The molecule has 0 spiro atoms. The summed E-state index contributed by atoms with van der Waals surface area (Å²) < 4.78 is 4.99. The maximum Gasteiger partial charge on any atom is 0.313 e. The van der Waals surface area contributed by atoms with E-state index in [0.29, 0.717) is 12.8 Å². The van der Waals surface area contributed by atoms with E-state index in [0.717, 1.165) is 25.7 Å². The number of carbonyl (C=O) groups is 2. The maximum atomic E-state index is 11.9. The Bertz CT molecular complexity index is 717. The average molecular weight is 547 g/mol. The molecule has 0 amide bonds. The molecular formula is C32H50O3S2. The molecule has 0 atom stereocenters. The summed E-state index contributed by atoms with van der Waals surface area (Å²) >= 11 is 3.73. The number of esters is 2. The molecule has 0 saturated carbocycles. The zero-order valence-electron chi connectivity index (χ0n) is 23.1. The van der Waals surface area contributed by atoms with Gasteiger partial charge in [0.2, 0.25) is 0 Å². The molecule has 2 rings (SSSR count). The third-order valence-electron chi connectivity index (χ3n) is 7.00. The minimum Gasteiger partial charge on any atom is -0.393 e. The lowest BCUT2D eigenvalue weighted by atomic mass is 10.1. The van der Waals surface area contributed by atoms with Gasteiger partial charge in [-0.3, -0.25) is 9.59 Å². The summed E-state index contributed by atoms with van der Waals surface area (Å²) in [6.07, 6.45) is 25.0. The third-order valence-corrected chi connectivity index (χ3v) is 8.87. The van der Waals surface area contributed by atoms with Crippen LogP contribution in [0, 0.1) is 0 Å². The van der Waals surface area contributed by atoms with E-state index in [4.69, 9.17) is 4.74 Å². The van der Waals surface area contributed by atoms with Gasteiger partial charge in [0.25, 0.3) is 0 Å². The molecule has 0 N–H and O–H groups in total. The van der Waals surface area contributed by atoms with E-state index in [1.165, 1.54) is 112 Å². The van der Waals surface area contributed by atoms with E-state index in [-0.39, 0.29) is 11.9 Å². The zero-order chi connectivity index (χ0) is 26.2. The number of thiophene rings is 2. The fourth-order valence-corrected chi connectivity index (χ4v) is 6.25. The van der Waals surface area contributed by atoms with E-state index in [1.54, 1.807) is 0 Å². The molecule has 2 aromatic rings. The first-order valence-electron chi connectivity index (χ1n) is 15.0. The van der Waals surface area contributed by atoms with Crippen LogP contribution in [0.4, 0.5) is 0 Å². The summed E-state index contributed by atoms with van der Waals surface area (Å²) in [7, 11) is 0. The second-order valence-electron chi connectivity index (χ2n) is 10.4. The highest BCUT2D eigenvalue weighted by molar-refractivity contribution is 7.10. The van der Waals surface area contributed by atoms with Crippen molar-refractivity contribution >= 4 is 34.6 Å². The topological polar surface area (TPSA) is 43.4 Å². The molecule has 5 heteroatoms. The molecule has 0 aromatic carbocycles. The van der Waals surface area contributed by atoms with Gasteiger partial charge in [0.1, 0.15) is 0 Å². The van der Waals surface area contributed by atoms with Crippen LogP contribution in [0.25, 0.3) is 0 Å². The normalized spacial score (nSPS) is 11.1. The number of hydrogen-bond donors (Lipinski definition) is 0. The molecule has 0 bridgehead atoms. The van der Waals surface area contributed by atoms with E-state index in [2.05, 4.69) is 35.0 Å². The Morgan fingerprint density at radius 1 is 0.486 bits per heavy atom. The molecule has 0 unspecified atom stereocenters. The molecule has 208 valence electrons. The van der Waals surface area contributed by atoms with Crippen molar-refractivity contribution in [2.75, 3.05) is 0 Å². The first-order chi connectivity index (χ1) is 18.2. The summed E-state index contributed by atoms with van der Waals surface area (Å²) in [5.41, 5.74) is 0. The van der Waals surface area contributed by atoms with Gasteiger partial charge in [0, 0.05) is 22.6 Å². The number of carbonyl (C=O) groups excluding carboxylic acids is 2. The quantitative estimate of drug-likeness (QED) is 0.0747. The van der Waals surface area contributed by atoms with Gasteiger partial charge in [-0.15, -0.1) is 22.7 Å². The Morgan fingerprint density at radius 2 is 0.811 bits per heavy atom. The van der Waals surface area contributed by atoms with Crippen molar-refractivity contribution in [2.45, 2.75) is 141 Å². The summed E-state index contributed by atoms with van der Waals surface area (Å²) in [5.74, 6) is -0.676. The van der Waals surface area contributed by atoms with Crippen LogP contribution < -0.4 is 0 Å². The maximum absolute atomic E-state index is 11.9. The largest absolute Gasteiger partial charge is 0.393 e. The van der Waals surface area contributed by atoms with E-state index < -0.39 is 0 Å². The Morgan fingerprint density at radius 3 is 1.14 bits per heavy atom. The van der Waals surface area contributed by atoms with Crippen LogP contribution in [0.3, 0.4) is 0 Å². The number of unbranched alkanes of at least 4 members (excludes halogenated alkanes) is 16. The number of rotatable bonds is 24. The van der Waals surface area contributed by atoms with Crippen LogP contribution in [-0.2, 0) is 27.2 Å². The van der Waals surface area contributed by atoms with Crippen LogP contribution in [0.15, 0.2) is 35.0 Å². The van der Waals surface area contributed by atoms with Gasteiger partial charge in [-0.05, 0) is 61.4 Å². The molecule has 0 aliphatic carbocycles. The van der Waals surface area contributed by atoms with Crippen molar-refractivity contribution in [3.8, 4) is 0 Å². The zero-order valence-corrected chi connectivity index (χ0v) is 24.7. The fraction of sp³-hybridized carbons (Fsp3) is 0.688. The predicted octanol–water partition coefficient (Wildman–Crippen LogP) is 10.5. The van der Waals surface area contributed by atoms with Crippen LogP contribution in [0.1, 0.15) is 138 Å². The molecule has 3 nitrogen and oxygen atoms in total. The van der Waals surface area contributed by atoms with Crippen molar-refractivity contribution < 1.29 is 14.3 Å². The molecule has 0 radical (unpaired) electrons. The van der Waals surface area contributed by atoms with Crippen LogP contribution in [-0.4, -0.2) is 11.9 Å². The summed E-state index contributed by atoms with van der Waals surface area (Å²) in [6, 6.07) is 8.74. The third kappa shape index (κ3) is 18.4. The SMILES string of the molecule is O=C(CCCCCCCCCCCc1cccs1)OC(=O)CCCCCCCCCCCc1cccs1. The molecule has 2 heterocycles. The molecule has 0 saturated heterocycles. The molecule has 0 fully saturated rings. The minimum atomic E-state index is -0.338. The lowest BCUT2D eigenvalue weighted by molar-refractivity contribution is -0.159. The van der Waals surface area contributed by atoms with Crippen molar-refractivity contribution in [3.63, 3.8) is 0 Å². The molecule has 0 aliphatic rings. The van der Waals surface area contributed by atoms with Crippen molar-refractivity contribution in [2.24, 2.45) is 0 Å². The first-order valence-corrected chi connectivity index (χ1v) is 16.8. The lowest BCUT2D eigenvalue weighted by Gasteiger charge is -2.05. The van der Waals surface area contributed by atoms with Crippen molar-refractivity contribution in [3.05, 3.63) is 44.8 Å². The standard InChI is InChI=1S/C32H50O3S2/c33-31(25-17-13-9-5-1-3-7-11-15-21-29-23-19-27-36-29)35-32(34)26-18-14-10-6-2-4-8-12-16-22-30-24-20-28-37-30/h19-20,23-24,27-28H,1-18,21-22,25-26H2. The van der Waals surface area contributed by atoms with Crippen molar-refractivity contribution in [1.82, 2.24) is 0 Å². The Kier molecular flexibility index (Phi) is 19.3. The second-order valence-corrected chi connectivity index (χ2v) is 12.4. The molecular weight excluding hydrogens is 496 g/mol. The van der Waals surface area contributed by atoms with Gasteiger partial charge >= 0.3 is 11.9 Å². The van der Waals surface area contributed by atoms with Crippen LogP contribution in [0.2, 0.25) is 0 Å². The Balaban J connectivity index is 1.25. The highest BCUT2D eigenvalue weighted by atomic mass is 32.1. The van der Waals surface area contributed by atoms with Crippen LogP contribution >= 0.6 is 22.7 Å². The molecule has 0 aliphatic heterocycles. The van der Waals surface area contributed by atoms with E-state index in [9.17, 15) is 9.59 Å². The van der Waals surface area contributed by atoms with Gasteiger partial charge in [-0.1, -0.05) is 102 Å². The van der Waals surface area contributed by atoms with Gasteiger partial charge < -0.3 is 4.74 Å². The van der Waals surface area contributed by atoms with Gasteiger partial charge in [0.05, 0.1) is 0 Å². The lowest BCUT2D eigenvalue weighted by Crippen LogP contribution is -2.11. The van der Waals surface area contributed by atoms with Gasteiger partial charge in [-0.25, -0.2) is 0 Å². The highest BCUT2D eigenvalue weighted by Gasteiger charge is 2.10. The highest BCUT2D eigenvalue weighted by Crippen LogP contribution is 2.17. The van der Waals surface area contributed by atoms with Crippen LogP contribution in [0.5, 0.6) is 0 Å². The second kappa shape index (κ2) is 22.5. The van der Waals surface area contributed by atoms with Gasteiger partial charge in [-0.2, -0.15) is 0 Å². The number of aryl methyl sites for hydroxylation is 2. The smallest absolute Gasteiger partial charge is 0.313 e. The number of ether oxygens (including phenoxy) is 1. The monoisotopic (exact) mass is 546 g/mol. The fourth-order valence-electron chi connectivity index (χ4n) is 4.75. The first kappa shape index (κ1) is 31.8. The van der Waals surface area contributed by atoms with Crippen molar-refractivity contribution in [1.29, 1.82) is 0 Å². The Hall–Kier alpha value is -1.46. The predicted molar refractivity (Wildman–Crippen MR) is 159 cm³/mol.